The maximum atomic E-state index is 10.6. The molecular weight excluding hydrogens is 294 g/mol. The Morgan fingerprint density at radius 1 is 1.58 bits per heavy atom. The summed E-state index contributed by atoms with van der Waals surface area (Å²) in [5, 5.41) is 0. The quantitative estimate of drug-likeness (QED) is 0.608. The van der Waals surface area contributed by atoms with Gasteiger partial charge in [-0.15, -0.1) is 0 Å². The van der Waals surface area contributed by atoms with Crippen LogP contribution in [-0.2, 0) is 4.79 Å². The van der Waals surface area contributed by atoms with Crippen molar-refractivity contribution in [2.24, 2.45) is 0 Å². The molecule has 0 aliphatic rings. The minimum absolute atomic E-state index is 0. The standard InChI is InChI=1S/C8H7NO2.Eu/c1-2-8(10)11-7-5-3-4-6-9-7;/h2-6H,1H2;. The van der Waals surface area contributed by atoms with Gasteiger partial charge in [0.1, 0.15) is 0 Å². The molecule has 63 valence electrons. The van der Waals surface area contributed by atoms with Crippen molar-refractivity contribution in [3.8, 4) is 5.88 Å². The summed E-state index contributed by atoms with van der Waals surface area (Å²) >= 11 is 0. The Morgan fingerprint density at radius 2 is 2.33 bits per heavy atom. The average Bonchev–Trinajstić information content (AvgIpc) is 2.06. The molecular formula is C8H7EuNO2. The second-order valence-electron chi connectivity index (χ2n) is 1.79. The Balaban J connectivity index is 0.00000121. The van der Waals surface area contributed by atoms with Crippen molar-refractivity contribution in [3.05, 3.63) is 37.1 Å². The molecule has 0 saturated carbocycles. The largest absolute Gasteiger partial charge is 0.404 e. The van der Waals surface area contributed by atoms with Crippen molar-refractivity contribution in [2.75, 3.05) is 0 Å². The molecule has 1 aromatic heterocycles. The second-order valence-corrected chi connectivity index (χ2v) is 1.79. The van der Waals surface area contributed by atoms with Gasteiger partial charge in [-0.05, 0) is 6.07 Å². The zero-order chi connectivity index (χ0) is 8.10. The Kier molecular flexibility index (Phi) is 6.43. The average molecular weight is 301 g/mol. The fourth-order valence-electron chi connectivity index (χ4n) is 0.552. The maximum Gasteiger partial charge on any atom is 0.336 e. The number of pyridine rings is 1. The predicted octanol–water partition coefficient (Wildman–Crippen LogP) is 1.17. The third-order valence-corrected chi connectivity index (χ3v) is 1.01. The Labute approximate surface area is 111 Å². The van der Waals surface area contributed by atoms with E-state index in [1.165, 1.54) is 0 Å². The topological polar surface area (TPSA) is 39.2 Å². The zero-order valence-corrected chi connectivity index (χ0v) is 8.66. The second kappa shape index (κ2) is 6.46. The van der Waals surface area contributed by atoms with Crippen LogP contribution in [-0.4, -0.2) is 11.0 Å². The van der Waals surface area contributed by atoms with Crippen LogP contribution in [0.3, 0.4) is 0 Å². The summed E-state index contributed by atoms with van der Waals surface area (Å²) in [5.41, 5.74) is 0. The number of carbonyl (C=O) groups excluding carboxylic acids is 1. The fourth-order valence-corrected chi connectivity index (χ4v) is 0.552. The molecule has 3 nitrogen and oxygen atoms in total. The number of rotatable bonds is 2. The first-order valence-electron chi connectivity index (χ1n) is 3.08. The zero-order valence-electron chi connectivity index (χ0n) is 6.24. The van der Waals surface area contributed by atoms with Crippen LogP contribution in [0.5, 0.6) is 5.88 Å². The molecule has 0 N–H and O–H groups in total. The number of esters is 1. The van der Waals surface area contributed by atoms with E-state index in [0.717, 1.165) is 6.08 Å². The Bertz CT molecular complexity index is 261. The summed E-state index contributed by atoms with van der Waals surface area (Å²) in [4.78, 5) is 14.4. The van der Waals surface area contributed by atoms with Crippen molar-refractivity contribution in [1.29, 1.82) is 0 Å². The van der Waals surface area contributed by atoms with E-state index in [4.69, 9.17) is 4.74 Å². The molecule has 1 aromatic rings. The van der Waals surface area contributed by atoms with Crippen molar-refractivity contribution >= 4 is 5.97 Å². The summed E-state index contributed by atoms with van der Waals surface area (Å²) in [6, 6.07) is 5.07. The van der Waals surface area contributed by atoms with Crippen LogP contribution >= 0.6 is 0 Å². The number of nitrogens with zero attached hydrogens (tertiary/aromatic N) is 1. The molecule has 0 saturated heterocycles. The van der Waals surface area contributed by atoms with Gasteiger partial charge in [-0.3, -0.25) is 0 Å². The van der Waals surface area contributed by atoms with E-state index in [0.29, 0.717) is 0 Å². The summed E-state index contributed by atoms with van der Waals surface area (Å²) in [7, 11) is 0. The van der Waals surface area contributed by atoms with Crippen LogP contribution in [0.4, 0.5) is 0 Å². The van der Waals surface area contributed by atoms with E-state index in [2.05, 4.69) is 11.6 Å². The van der Waals surface area contributed by atoms with Gasteiger partial charge in [0.25, 0.3) is 0 Å². The van der Waals surface area contributed by atoms with Gasteiger partial charge < -0.3 is 4.74 Å². The van der Waals surface area contributed by atoms with Crippen molar-refractivity contribution < 1.29 is 58.9 Å². The van der Waals surface area contributed by atoms with Gasteiger partial charge in [0.2, 0.25) is 5.88 Å². The first-order valence-corrected chi connectivity index (χ1v) is 3.08. The van der Waals surface area contributed by atoms with E-state index in [1.54, 1.807) is 24.4 Å². The number of ether oxygens (including phenoxy) is 1. The van der Waals surface area contributed by atoms with Gasteiger partial charge in [-0.1, -0.05) is 12.6 Å². The SMILES string of the molecule is C=CC(=O)Oc1ccccn1.[Eu]. The summed E-state index contributed by atoms with van der Waals surface area (Å²) in [6.07, 6.45) is 2.64. The first kappa shape index (κ1) is 11.9. The third kappa shape index (κ3) is 4.09. The van der Waals surface area contributed by atoms with E-state index < -0.39 is 5.97 Å². The van der Waals surface area contributed by atoms with E-state index in [9.17, 15) is 4.79 Å². The van der Waals surface area contributed by atoms with Crippen LogP contribution in [0.15, 0.2) is 37.1 Å². The van der Waals surface area contributed by atoms with E-state index >= 15 is 0 Å². The molecule has 1 heterocycles. The molecule has 0 aliphatic carbocycles. The summed E-state index contributed by atoms with van der Waals surface area (Å²) in [5.74, 6) is -0.207. The van der Waals surface area contributed by atoms with E-state index in [-0.39, 0.29) is 55.3 Å². The molecule has 1 radical (unpaired) electrons. The van der Waals surface area contributed by atoms with E-state index in [1.807, 2.05) is 0 Å². The van der Waals surface area contributed by atoms with Gasteiger partial charge in [0, 0.05) is 67.7 Å². The van der Waals surface area contributed by atoms with Crippen molar-refractivity contribution in [1.82, 2.24) is 4.98 Å². The van der Waals surface area contributed by atoms with Crippen molar-refractivity contribution in [2.45, 2.75) is 0 Å². The van der Waals surface area contributed by atoms with Crippen LogP contribution < -0.4 is 4.74 Å². The molecule has 4 heteroatoms. The smallest absolute Gasteiger partial charge is 0.336 e. The fraction of sp³-hybridized carbons (Fsp3) is 0. The van der Waals surface area contributed by atoms with Gasteiger partial charge in [0.05, 0.1) is 0 Å². The molecule has 0 atom stereocenters. The molecule has 0 unspecified atom stereocenters. The Hall–Kier alpha value is -0.0556. The summed E-state index contributed by atoms with van der Waals surface area (Å²) in [6.45, 7) is 3.25. The van der Waals surface area contributed by atoms with Crippen LogP contribution in [0, 0.1) is 49.4 Å². The molecule has 12 heavy (non-hydrogen) atoms. The normalized spacial score (nSPS) is 8.00. The minimum atomic E-state index is -0.497. The minimum Gasteiger partial charge on any atom is -0.404 e. The molecule has 0 spiro atoms. The predicted molar refractivity (Wildman–Crippen MR) is 40.1 cm³/mol. The van der Waals surface area contributed by atoms with Crippen LogP contribution in [0.2, 0.25) is 0 Å². The molecule has 0 bridgehead atoms. The maximum absolute atomic E-state index is 10.6. The third-order valence-electron chi connectivity index (χ3n) is 1.01. The van der Waals surface area contributed by atoms with Gasteiger partial charge in [0.15, 0.2) is 0 Å². The molecule has 0 aromatic carbocycles. The van der Waals surface area contributed by atoms with Gasteiger partial charge >= 0.3 is 5.97 Å². The first-order chi connectivity index (χ1) is 5.33. The molecule has 0 amide bonds. The number of carbonyl (C=O) groups is 1. The molecule has 0 aliphatic heterocycles. The molecule has 1 rings (SSSR count). The van der Waals surface area contributed by atoms with Gasteiger partial charge in [-0.25, -0.2) is 9.78 Å². The monoisotopic (exact) mass is 302 g/mol. The number of aromatic nitrogens is 1. The number of hydrogen-bond acceptors (Lipinski definition) is 3. The van der Waals surface area contributed by atoms with Crippen molar-refractivity contribution in [3.63, 3.8) is 0 Å². The Morgan fingerprint density at radius 3 is 2.83 bits per heavy atom. The number of hydrogen-bond donors (Lipinski definition) is 0. The molecule has 0 fully saturated rings. The van der Waals surface area contributed by atoms with Gasteiger partial charge in [-0.2, -0.15) is 0 Å². The van der Waals surface area contributed by atoms with Crippen LogP contribution in [0.25, 0.3) is 0 Å². The van der Waals surface area contributed by atoms with Crippen LogP contribution in [0.1, 0.15) is 0 Å². The summed E-state index contributed by atoms with van der Waals surface area (Å²) < 4.78 is 4.70.